The maximum Gasteiger partial charge on any atom is 0.0841 e. The summed E-state index contributed by atoms with van der Waals surface area (Å²) < 4.78 is 0. The van der Waals surface area contributed by atoms with Crippen molar-refractivity contribution in [3.05, 3.63) is 17.4 Å². The van der Waals surface area contributed by atoms with E-state index in [-0.39, 0.29) is 0 Å². The summed E-state index contributed by atoms with van der Waals surface area (Å²) in [7, 11) is 0. The van der Waals surface area contributed by atoms with Gasteiger partial charge in [0.1, 0.15) is 0 Å². The van der Waals surface area contributed by atoms with E-state index in [9.17, 15) is 0 Å². The minimum atomic E-state index is 0.562. The van der Waals surface area contributed by atoms with Gasteiger partial charge < -0.3 is 11.1 Å². The highest BCUT2D eigenvalue weighted by Gasteiger charge is 2.22. The van der Waals surface area contributed by atoms with Crippen molar-refractivity contribution < 1.29 is 0 Å². The van der Waals surface area contributed by atoms with Gasteiger partial charge in [-0.2, -0.15) is 0 Å². The fourth-order valence-corrected chi connectivity index (χ4v) is 1.25. The van der Waals surface area contributed by atoms with Crippen LogP contribution in [0, 0.1) is 0 Å². The predicted octanol–water partition coefficient (Wildman–Crippen LogP) is 1.89. The summed E-state index contributed by atoms with van der Waals surface area (Å²) in [5, 5.41) is 3.85. The van der Waals surface area contributed by atoms with Crippen LogP contribution in [0.4, 0.5) is 11.4 Å². The van der Waals surface area contributed by atoms with Crippen molar-refractivity contribution in [1.29, 1.82) is 0 Å². The van der Waals surface area contributed by atoms with E-state index in [2.05, 4.69) is 10.3 Å². The summed E-state index contributed by atoms with van der Waals surface area (Å²) in [6.07, 6.45) is 5.62. The van der Waals surface area contributed by atoms with Gasteiger partial charge in [-0.1, -0.05) is 11.6 Å². The first-order chi connectivity index (χ1) is 5.77. The van der Waals surface area contributed by atoms with Crippen molar-refractivity contribution in [2.75, 3.05) is 11.1 Å². The molecule has 12 heavy (non-hydrogen) atoms. The van der Waals surface area contributed by atoms with Crippen molar-refractivity contribution in [2.45, 2.75) is 18.9 Å². The van der Waals surface area contributed by atoms with Gasteiger partial charge in [0.2, 0.25) is 0 Å². The second kappa shape index (κ2) is 2.83. The zero-order valence-corrected chi connectivity index (χ0v) is 7.30. The Morgan fingerprint density at radius 3 is 2.83 bits per heavy atom. The SMILES string of the molecule is Nc1cncc(Cl)c1NC1CC1. The third-order valence-corrected chi connectivity index (χ3v) is 2.14. The van der Waals surface area contributed by atoms with Crippen molar-refractivity contribution in [2.24, 2.45) is 0 Å². The molecule has 1 aromatic heterocycles. The molecule has 3 nitrogen and oxygen atoms in total. The third-order valence-electron chi connectivity index (χ3n) is 1.85. The van der Waals surface area contributed by atoms with Gasteiger partial charge in [0.25, 0.3) is 0 Å². The fourth-order valence-electron chi connectivity index (χ4n) is 1.03. The van der Waals surface area contributed by atoms with Crippen LogP contribution in [-0.2, 0) is 0 Å². The lowest BCUT2D eigenvalue weighted by Gasteiger charge is -2.08. The largest absolute Gasteiger partial charge is 0.396 e. The molecule has 0 spiro atoms. The van der Waals surface area contributed by atoms with Crippen LogP contribution in [-0.4, -0.2) is 11.0 Å². The molecule has 2 rings (SSSR count). The minimum absolute atomic E-state index is 0.562. The van der Waals surface area contributed by atoms with Crippen molar-refractivity contribution in [3.63, 3.8) is 0 Å². The van der Waals surface area contributed by atoms with Gasteiger partial charge >= 0.3 is 0 Å². The highest BCUT2D eigenvalue weighted by Crippen LogP contribution is 2.32. The number of anilines is 2. The molecule has 0 amide bonds. The summed E-state index contributed by atoms with van der Waals surface area (Å²) in [6.45, 7) is 0. The molecule has 1 aliphatic rings. The van der Waals surface area contributed by atoms with Crippen LogP contribution in [0.3, 0.4) is 0 Å². The molecule has 1 saturated carbocycles. The Bertz CT molecular complexity index is 276. The van der Waals surface area contributed by atoms with Crippen LogP contribution in [0.15, 0.2) is 12.4 Å². The Morgan fingerprint density at radius 1 is 1.50 bits per heavy atom. The zero-order chi connectivity index (χ0) is 8.55. The average Bonchev–Trinajstić information content (AvgIpc) is 2.80. The Hall–Kier alpha value is -0.960. The molecule has 0 bridgehead atoms. The number of hydrogen-bond acceptors (Lipinski definition) is 3. The maximum atomic E-state index is 5.90. The average molecular weight is 184 g/mol. The fraction of sp³-hybridized carbons (Fsp3) is 0.375. The first kappa shape index (κ1) is 7.68. The molecule has 64 valence electrons. The van der Waals surface area contributed by atoms with Crippen molar-refractivity contribution in [1.82, 2.24) is 4.98 Å². The van der Waals surface area contributed by atoms with Crippen LogP contribution in [0.2, 0.25) is 5.02 Å². The van der Waals surface area contributed by atoms with E-state index in [4.69, 9.17) is 17.3 Å². The van der Waals surface area contributed by atoms with Crippen LogP contribution in [0.25, 0.3) is 0 Å². The van der Waals surface area contributed by atoms with E-state index in [1.807, 2.05) is 0 Å². The second-order valence-corrected chi connectivity index (χ2v) is 3.41. The van der Waals surface area contributed by atoms with Crippen LogP contribution >= 0.6 is 11.6 Å². The minimum Gasteiger partial charge on any atom is -0.396 e. The Balaban J connectivity index is 2.26. The normalized spacial score (nSPS) is 16.1. The molecule has 1 fully saturated rings. The van der Waals surface area contributed by atoms with E-state index >= 15 is 0 Å². The summed E-state index contributed by atoms with van der Waals surface area (Å²) in [5.41, 5.74) is 7.14. The monoisotopic (exact) mass is 183 g/mol. The standard InChI is InChI=1S/C8H10ClN3/c9-6-3-11-4-7(10)8(6)12-5-1-2-5/h3-5H,1-2,10H2,(H,11,12). The topological polar surface area (TPSA) is 50.9 Å². The summed E-state index contributed by atoms with van der Waals surface area (Å²) in [6, 6.07) is 0.562. The first-order valence-corrected chi connectivity index (χ1v) is 4.30. The Labute approximate surface area is 75.9 Å². The lowest BCUT2D eigenvalue weighted by molar-refractivity contribution is 1.15. The van der Waals surface area contributed by atoms with Crippen LogP contribution in [0.1, 0.15) is 12.8 Å². The number of nitrogens with zero attached hydrogens (tertiary/aromatic N) is 1. The number of pyridine rings is 1. The molecule has 0 aliphatic heterocycles. The number of aromatic nitrogens is 1. The van der Waals surface area contributed by atoms with E-state index in [0.717, 1.165) is 5.69 Å². The smallest absolute Gasteiger partial charge is 0.0841 e. The molecule has 1 aliphatic carbocycles. The van der Waals surface area contributed by atoms with Gasteiger partial charge in [-0.15, -0.1) is 0 Å². The Morgan fingerprint density at radius 2 is 2.25 bits per heavy atom. The zero-order valence-electron chi connectivity index (χ0n) is 6.55. The molecule has 3 N–H and O–H groups in total. The molecule has 4 heteroatoms. The molecule has 0 saturated heterocycles. The third kappa shape index (κ3) is 1.46. The highest BCUT2D eigenvalue weighted by molar-refractivity contribution is 6.33. The molecule has 0 unspecified atom stereocenters. The number of nitrogens with two attached hydrogens (primary N) is 1. The van der Waals surface area contributed by atoms with Crippen molar-refractivity contribution in [3.8, 4) is 0 Å². The second-order valence-electron chi connectivity index (χ2n) is 3.00. The molecule has 1 aromatic rings. The Kier molecular flexibility index (Phi) is 1.81. The first-order valence-electron chi connectivity index (χ1n) is 3.93. The molecule has 0 atom stereocenters. The summed E-state index contributed by atoms with van der Waals surface area (Å²) in [4.78, 5) is 3.88. The van der Waals surface area contributed by atoms with Gasteiger partial charge in [-0.05, 0) is 12.8 Å². The van der Waals surface area contributed by atoms with Gasteiger partial charge in [0.05, 0.1) is 22.6 Å². The van der Waals surface area contributed by atoms with E-state index in [0.29, 0.717) is 16.8 Å². The van der Waals surface area contributed by atoms with E-state index in [1.165, 1.54) is 12.8 Å². The number of nitrogens with one attached hydrogen (secondary N) is 1. The lowest BCUT2D eigenvalue weighted by Crippen LogP contribution is -2.04. The quantitative estimate of drug-likeness (QED) is 0.736. The predicted molar refractivity (Wildman–Crippen MR) is 50.3 cm³/mol. The van der Waals surface area contributed by atoms with Crippen LogP contribution < -0.4 is 11.1 Å². The maximum absolute atomic E-state index is 5.90. The van der Waals surface area contributed by atoms with Gasteiger partial charge in [0.15, 0.2) is 0 Å². The number of rotatable bonds is 2. The summed E-state index contributed by atoms with van der Waals surface area (Å²) >= 11 is 5.90. The number of nitrogen functional groups attached to an aromatic ring is 1. The molecular weight excluding hydrogens is 174 g/mol. The van der Waals surface area contributed by atoms with Gasteiger partial charge in [0, 0.05) is 12.2 Å². The number of halogens is 1. The highest BCUT2D eigenvalue weighted by atomic mass is 35.5. The summed E-state index contributed by atoms with van der Waals surface area (Å²) in [5.74, 6) is 0. The molecule has 0 aromatic carbocycles. The van der Waals surface area contributed by atoms with Gasteiger partial charge in [-0.25, -0.2) is 0 Å². The van der Waals surface area contributed by atoms with E-state index < -0.39 is 0 Å². The van der Waals surface area contributed by atoms with Crippen LogP contribution in [0.5, 0.6) is 0 Å². The van der Waals surface area contributed by atoms with Gasteiger partial charge in [-0.3, -0.25) is 4.98 Å². The number of hydrogen-bond donors (Lipinski definition) is 2. The molecule has 1 heterocycles. The lowest BCUT2D eigenvalue weighted by atomic mass is 10.3. The molecular formula is C8H10ClN3. The van der Waals surface area contributed by atoms with Crippen molar-refractivity contribution >= 4 is 23.0 Å². The molecule has 0 radical (unpaired) electrons. The van der Waals surface area contributed by atoms with E-state index in [1.54, 1.807) is 12.4 Å².